The third kappa shape index (κ3) is 5.44. The predicted molar refractivity (Wildman–Crippen MR) is 98.2 cm³/mol. The first-order valence-corrected chi connectivity index (χ1v) is 9.11. The lowest BCUT2D eigenvalue weighted by Crippen LogP contribution is -2.17. The molecular weight excluding hydrogens is 324 g/mol. The zero-order valence-corrected chi connectivity index (χ0v) is 14.6. The highest BCUT2D eigenvalue weighted by Gasteiger charge is 2.14. The van der Waals surface area contributed by atoms with Crippen LogP contribution in [0, 0.1) is 0 Å². The zero-order chi connectivity index (χ0) is 15.2. The molecule has 0 unspecified atom stereocenters. The second-order valence-corrected chi connectivity index (χ2v) is 6.73. The first-order chi connectivity index (χ1) is 10.8. The Kier molecular flexibility index (Phi) is 8.68. The van der Waals surface area contributed by atoms with Gasteiger partial charge in [0.15, 0.2) is 5.78 Å². The normalized spacial score (nSPS) is 15.3. The Morgan fingerprint density at radius 1 is 0.875 bits per heavy atom. The lowest BCUT2D eigenvalue weighted by Gasteiger charge is -2.21. The number of carbonyl (C=O) groups is 1. The minimum Gasteiger partial charge on any atom is -0.490 e. The van der Waals surface area contributed by atoms with Gasteiger partial charge in [0, 0.05) is 16.5 Å². The number of hydrogen-bond donors (Lipinski definition) is 0. The molecule has 0 saturated heterocycles. The van der Waals surface area contributed by atoms with Gasteiger partial charge in [0.25, 0.3) is 0 Å². The maximum Gasteiger partial charge on any atom is 0.193 e. The van der Waals surface area contributed by atoms with E-state index in [9.17, 15) is 4.79 Å². The van der Waals surface area contributed by atoms with Gasteiger partial charge in [-0.25, -0.2) is 0 Å². The minimum absolute atomic E-state index is 0. The maximum atomic E-state index is 12.3. The Bertz CT molecular complexity index is 584. The number of benzene rings is 1. The summed E-state index contributed by atoms with van der Waals surface area (Å²) >= 11 is 1.55. The summed E-state index contributed by atoms with van der Waals surface area (Å²) in [6.07, 6.45) is 9.18. The molecule has 2 aromatic rings. The van der Waals surface area contributed by atoms with Crippen LogP contribution in [0.5, 0.6) is 5.75 Å². The van der Waals surface area contributed by atoms with E-state index in [2.05, 4.69) is 0 Å². The van der Waals surface area contributed by atoms with Crippen molar-refractivity contribution in [2.24, 2.45) is 0 Å². The highest BCUT2D eigenvalue weighted by molar-refractivity contribution is 7.08. The number of carbonyl (C=O) groups excluding carboxylic acids is 1. The van der Waals surface area contributed by atoms with Gasteiger partial charge in [-0.1, -0.05) is 19.3 Å². The van der Waals surface area contributed by atoms with Crippen molar-refractivity contribution >= 4 is 17.1 Å². The summed E-state index contributed by atoms with van der Waals surface area (Å²) in [5, 5.41) is 3.82. The molecule has 0 radical (unpaired) electrons. The number of ketones is 1. The molecule has 3 rings (SSSR count). The molecule has 1 saturated carbocycles. The molecule has 1 aromatic carbocycles. The molecule has 0 amide bonds. The van der Waals surface area contributed by atoms with Crippen LogP contribution in [0.4, 0.5) is 0 Å². The van der Waals surface area contributed by atoms with Crippen LogP contribution >= 0.6 is 11.3 Å². The van der Waals surface area contributed by atoms with Gasteiger partial charge in [0.2, 0.25) is 0 Å². The Balaban J connectivity index is 0.00000144. The summed E-state index contributed by atoms with van der Waals surface area (Å²) in [4.78, 5) is 12.3. The van der Waals surface area contributed by atoms with Crippen molar-refractivity contribution in [3.05, 3.63) is 52.2 Å². The molecule has 0 spiro atoms. The van der Waals surface area contributed by atoms with Crippen LogP contribution in [0.1, 0.15) is 60.9 Å². The van der Waals surface area contributed by atoms with Crippen LogP contribution in [-0.2, 0) is 0 Å². The molecule has 132 valence electrons. The first kappa shape index (κ1) is 20.4. The quantitative estimate of drug-likeness (QED) is 0.784. The van der Waals surface area contributed by atoms with E-state index in [0.29, 0.717) is 6.10 Å². The minimum atomic E-state index is 0. The standard InChI is InChI=1S/C19H22O2S.2H2O/c20-19(16-12-13-22-14-16)15-8-10-18(11-9-15)21-17-6-4-2-1-3-5-7-17;;/h8-14,17H,1-7H2;2*1H2. The van der Waals surface area contributed by atoms with Crippen molar-refractivity contribution in [2.75, 3.05) is 0 Å². The fraction of sp³-hybridized carbons (Fsp3) is 0.421. The van der Waals surface area contributed by atoms with Crippen LogP contribution < -0.4 is 4.74 Å². The van der Waals surface area contributed by atoms with Gasteiger partial charge in [0.1, 0.15) is 5.75 Å². The molecule has 1 aliphatic rings. The second-order valence-electron chi connectivity index (χ2n) is 5.95. The number of thiophene rings is 1. The van der Waals surface area contributed by atoms with Crippen molar-refractivity contribution in [3.63, 3.8) is 0 Å². The van der Waals surface area contributed by atoms with E-state index in [4.69, 9.17) is 4.74 Å². The zero-order valence-electron chi connectivity index (χ0n) is 13.8. The molecule has 24 heavy (non-hydrogen) atoms. The van der Waals surface area contributed by atoms with E-state index in [-0.39, 0.29) is 16.7 Å². The molecule has 0 bridgehead atoms. The van der Waals surface area contributed by atoms with Gasteiger partial charge in [-0.15, -0.1) is 0 Å². The molecule has 1 aliphatic carbocycles. The second kappa shape index (κ2) is 10.2. The predicted octanol–water partition coefficient (Wildman–Crippen LogP) is 3.82. The van der Waals surface area contributed by atoms with E-state index in [1.54, 1.807) is 11.3 Å². The third-order valence-corrected chi connectivity index (χ3v) is 4.94. The van der Waals surface area contributed by atoms with Gasteiger partial charge < -0.3 is 15.7 Å². The van der Waals surface area contributed by atoms with E-state index < -0.39 is 0 Å². The summed E-state index contributed by atoms with van der Waals surface area (Å²) in [6, 6.07) is 9.47. The summed E-state index contributed by atoms with van der Waals surface area (Å²) in [5.74, 6) is 0.964. The topological polar surface area (TPSA) is 89.3 Å². The average Bonchev–Trinajstić information content (AvgIpc) is 3.04. The fourth-order valence-electron chi connectivity index (χ4n) is 2.97. The summed E-state index contributed by atoms with van der Waals surface area (Å²) in [5.41, 5.74) is 1.49. The van der Waals surface area contributed by atoms with Crippen LogP contribution in [0.3, 0.4) is 0 Å². The molecule has 0 aliphatic heterocycles. The van der Waals surface area contributed by atoms with Crippen molar-refractivity contribution in [1.29, 1.82) is 0 Å². The monoisotopic (exact) mass is 350 g/mol. The van der Waals surface area contributed by atoms with Crippen LogP contribution in [0.2, 0.25) is 0 Å². The fourth-order valence-corrected chi connectivity index (χ4v) is 3.61. The van der Waals surface area contributed by atoms with Crippen LogP contribution in [0.25, 0.3) is 0 Å². The van der Waals surface area contributed by atoms with Crippen LogP contribution in [0.15, 0.2) is 41.1 Å². The Labute approximate surface area is 147 Å². The van der Waals surface area contributed by atoms with E-state index in [0.717, 1.165) is 29.7 Å². The van der Waals surface area contributed by atoms with Gasteiger partial charge in [0.05, 0.1) is 6.10 Å². The van der Waals surface area contributed by atoms with E-state index >= 15 is 0 Å². The summed E-state index contributed by atoms with van der Waals surface area (Å²) in [6.45, 7) is 0. The highest BCUT2D eigenvalue weighted by Crippen LogP contribution is 2.23. The van der Waals surface area contributed by atoms with Gasteiger partial charge in [-0.3, -0.25) is 4.79 Å². The molecule has 0 atom stereocenters. The average molecular weight is 350 g/mol. The largest absolute Gasteiger partial charge is 0.490 e. The number of hydrogen-bond acceptors (Lipinski definition) is 3. The van der Waals surface area contributed by atoms with E-state index in [1.165, 1.54) is 32.1 Å². The van der Waals surface area contributed by atoms with Gasteiger partial charge in [-0.2, -0.15) is 11.3 Å². The molecule has 1 aromatic heterocycles. The van der Waals surface area contributed by atoms with Crippen molar-refractivity contribution in [3.8, 4) is 5.75 Å². The maximum absolute atomic E-state index is 12.3. The van der Waals surface area contributed by atoms with Gasteiger partial charge in [-0.05, 0) is 61.4 Å². The van der Waals surface area contributed by atoms with Crippen molar-refractivity contribution in [1.82, 2.24) is 0 Å². The Hall–Kier alpha value is -1.69. The number of rotatable bonds is 4. The Morgan fingerprint density at radius 2 is 1.50 bits per heavy atom. The third-order valence-electron chi connectivity index (χ3n) is 4.25. The summed E-state index contributed by atoms with van der Waals surface area (Å²) in [7, 11) is 0. The molecule has 4 N–H and O–H groups in total. The SMILES string of the molecule is O.O.O=C(c1ccc(OC2CCCCCCC2)cc1)c1ccsc1. The smallest absolute Gasteiger partial charge is 0.193 e. The number of ether oxygens (including phenoxy) is 1. The highest BCUT2D eigenvalue weighted by atomic mass is 32.1. The molecular formula is C19H26O4S. The van der Waals surface area contributed by atoms with Gasteiger partial charge >= 0.3 is 0 Å². The van der Waals surface area contributed by atoms with Crippen molar-refractivity contribution in [2.45, 2.75) is 51.0 Å². The lowest BCUT2D eigenvalue weighted by molar-refractivity contribution is 0.103. The van der Waals surface area contributed by atoms with E-state index in [1.807, 2.05) is 41.1 Å². The first-order valence-electron chi connectivity index (χ1n) is 8.16. The molecule has 5 heteroatoms. The molecule has 4 nitrogen and oxygen atoms in total. The van der Waals surface area contributed by atoms with Crippen LogP contribution in [-0.4, -0.2) is 22.8 Å². The Morgan fingerprint density at radius 3 is 2.08 bits per heavy atom. The summed E-state index contributed by atoms with van der Waals surface area (Å²) < 4.78 is 6.11. The van der Waals surface area contributed by atoms with Crippen molar-refractivity contribution < 1.29 is 20.5 Å². The lowest BCUT2D eigenvalue weighted by atomic mass is 9.98. The molecule has 1 heterocycles. The molecule has 1 fully saturated rings.